The molecular weight excluding hydrogens is 400 g/mol. The van der Waals surface area contributed by atoms with Crippen molar-refractivity contribution in [2.45, 2.75) is 58.2 Å². The summed E-state index contributed by atoms with van der Waals surface area (Å²) in [4.78, 5) is 0. The predicted octanol–water partition coefficient (Wildman–Crippen LogP) is 8.17. The molecule has 2 aromatic rings. The lowest BCUT2D eigenvalue weighted by Crippen LogP contribution is -2.50. The highest BCUT2D eigenvalue weighted by atomic mass is 79.9. The number of benzene rings is 2. The highest BCUT2D eigenvalue weighted by Gasteiger charge is 2.46. The van der Waals surface area contributed by atoms with E-state index in [0.717, 1.165) is 10.2 Å². The molecule has 0 aliphatic heterocycles. The van der Waals surface area contributed by atoms with E-state index in [9.17, 15) is 0 Å². The van der Waals surface area contributed by atoms with E-state index in [1.54, 1.807) is 0 Å². The molecule has 0 bridgehead atoms. The van der Waals surface area contributed by atoms with Gasteiger partial charge in [0.2, 0.25) is 0 Å². The van der Waals surface area contributed by atoms with Crippen LogP contribution in [0.15, 0.2) is 53.0 Å². The van der Waals surface area contributed by atoms with Crippen LogP contribution in [0.25, 0.3) is 12.2 Å². The minimum Gasteiger partial charge on any atom is -0.543 e. The average Bonchev–Trinajstić information content (AvgIpc) is 2.59. The van der Waals surface area contributed by atoms with Crippen molar-refractivity contribution in [2.24, 2.45) is 0 Å². The Hall–Kier alpha value is -1.32. The Morgan fingerprint density at radius 3 is 1.46 bits per heavy atom. The molecule has 0 saturated heterocycles. The third-order valence-corrected chi connectivity index (χ3v) is 11.8. The first-order chi connectivity index (χ1) is 12.3. The van der Waals surface area contributed by atoms with Crippen LogP contribution >= 0.6 is 15.9 Å². The summed E-state index contributed by atoms with van der Waals surface area (Å²) in [5, 5.41) is 0. The van der Waals surface area contributed by atoms with Gasteiger partial charge in [-0.15, -0.1) is 0 Å². The number of halogens is 1. The van der Waals surface area contributed by atoms with Crippen molar-refractivity contribution in [3.8, 4) is 5.75 Å². The van der Waals surface area contributed by atoms with Crippen molar-refractivity contribution in [1.29, 1.82) is 0 Å². The van der Waals surface area contributed by atoms with Crippen molar-refractivity contribution in [3.63, 3.8) is 0 Å². The van der Waals surface area contributed by atoms with Gasteiger partial charge in [-0.25, -0.2) is 0 Å². The highest BCUT2D eigenvalue weighted by Crippen LogP contribution is 2.42. The summed E-state index contributed by atoms with van der Waals surface area (Å²) in [6.07, 6.45) is 4.28. The highest BCUT2D eigenvalue weighted by molar-refractivity contribution is 9.10. The normalized spacial score (nSPS) is 12.5. The molecule has 0 fully saturated rings. The summed E-state index contributed by atoms with van der Waals surface area (Å²) in [5.41, 5.74) is 4.13. The van der Waals surface area contributed by atoms with Gasteiger partial charge in [-0.2, -0.15) is 0 Å². The fourth-order valence-electron chi connectivity index (χ4n) is 3.97. The van der Waals surface area contributed by atoms with E-state index in [4.69, 9.17) is 4.43 Å². The van der Waals surface area contributed by atoms with Crippen LogP contribution in [-0.2, 0) is 0 Å². The maximum atomic E-state index is 6.73. The van der Waals surface area contributed by atoms with Crippen molar-refractivity contribution < 1.29 is 4.43 Å². The van der Waals surface area contributed by atoms with Crippen LogP contribution in [0.4, 0.5) is 0 Å². The maximum absolute atomic E-state index is 6.73. The Kier molecular flexibility index (Phi) is 7.30. The van der Waals surface area contributed by atoms with Crippen LogP contribution in [0.2, 0.25) is 16.6 Å². The molecule has 0 aliphatic carbocycles. The van der Waals surface area contributed by atoms with E-state index in [-0.39, 0.29) is 0 Å². The molecule has 140 valence electrons. The fraction of sp³-hybridized carbons (Fsp3) is 0.391. The first-order valence-corrected chi connectivity index (χ1v) is 12.4. The van der Waals surface area contributed by atoms with E-state index in [1.165, 1.54) is 11.1 Å². The summed E-state index contributed by atoms with van der Waals surface area (Å²) in [6, 6.07) is 16.9. The average molecular weight is 431 g/mol. The van der Waals surface area contributed by atoms with Crippen LogP contribution in [-0.4, -0.2) is 8.32 Å². The van der Waals surface area contributed by atoms with Crippen molar-refractivity contribution in [3.05, 3.63) is 64.1 Å². The monoisotopic (exact) mass is 430 g/mol. The molecule has 0 amide bonds. The van der Waals surface area contributed by atoms with Crippen LogP contribution in [0.1, 0.15) is 52.7 Å². The lowest BCUT2D eigenvalue weighted by atomic mass is 10.1. The Labute approximate surface area is 168 Å². The molecule has 26 heavy (non-hydrogen) atoms. The van der Waals surface area contributed by atoms with Gasteiger partial charge in [-0.3, -0.25) is 0 Å². The third-order valence-electron chi connectivity index (χ3n) is 5.22. The zero-order chi connectivity index (χ0) is 19.3. The second-order valence-electron chi connectivity index (χ2n) is 7.87. The Morgan fingerprint density at radius 1 is 0.692 bits per heavy atom. The Bertz CT molecular complexity index is 693. The van der Waals surface area contributed by atoms with Gasteiger partial charge in [0.05, 0.1) is 0 Å². The summed E-state index contributed by atoms with van der Waals surface area (Å²) in [7, 11) is -1.88. The maximum Gasteiger partial charge on any atom is 0.258 e. The summed E-state index contributed by atoms with van der Waals surface area (Å²) < 4.78 is 7.83. The number of hydrogen-bond acceptors (Lipinski definition) is 1. The second-order valence-corrected chi connectivity index (χ2v) is 14.2. The molecule has 0 atom stereocenters. The zero-order valence-corrected chi connectivity index (χ0v) is 19.4. The van der Waals surface area contributed by atoms with E-state index in [2.05, 4.69) is 118 Å². The van der Waals surface area contributed by atoms with Gasteiger partial charge in [0.25, 0.3) is 8.32 Å². The lowest BCUT2D eigenvalue weighted by Gasteiger charge is -2.42. The standard InChI is InChI=1S/C23H31BrOSi/c1-17(2)26(18(3)4,19(5)6)25-23-15-11-21(12-16-23)8-7-20-9-13-22(24)14-10-20/h7-19H,1-6H3. The topological polar surface area (TPSA) is 9.23 Å². The largest absolute Gasteiger partial charge is 0.543 e. The molecule has 0 N–H and O–H groups in total. The quantitative estimate of drug-likeness (QED) is 0.317. The number of hydrogen-bond donors (Lipinski definition) is 0. The van der Waals surface area contributed by atoms with Crippen LogP contribution in [0, 0.1) is 0 Å². The van der Waals surface area contributed by atoms with E-state index in [1.807, 2.05) is 0 Å². The molecular formula is C23H31BrOSi. The fourth-order valence-corrected chi connectivity index (χ4v) is 9.49. The molecule has 0 heterocycles. The van der Waals surface area contributed by atoms with Crippen molar-refractivity contribution >= 4 is 36.4 Å². The molecule has 0 saturated carbocycles. The Morgan fingerprint density at radius 2 is 1.08 bits per heavy atom. The van der Waals surface area contributed by atoms with Gasteiger partial charge in [0, 0.05) is 4.47 Å². The van der Waals surface area contributed by atoms with Crippen molar-refractivity contribution in [1.82, 2.24) is 0 Å². The molecule has 0 aliphatic rings. The minimum absolute atomic E-state index is 0.583. The minimum atomic E-state index is -1.88. The summed E-state index contributed by atoms with van der Waals surface area (Å²) >= 11 is 3.47. The third kappa shape index (κ3) is 4.89. The summed E-state index contributed by atoms with van der Waals surface area (Å²) in [5.74, 6) is 1.01. The van der Waals surface area contributed by atoms with Crippen LogP contribution in [0.5, 0.6) is 5.75 Å². The van der Waals surface area contributed by atoms with E-state index >= 15 is 0 Å². The molecule has 3 heteroatoms. The number of rotatable bonds is 7. The first kappa shape index (κ1) is 21.0. The van der Waals surface area contributed by atoms with Gasteiger partial charge in [-0.05, 0) is 52.0 Å². The first-order valence-electron chi connectivity index (χ1n) is 9.48. The van der Waals surface area contributed by atoms with Crippen LogP contribution < -0.4 is 4.43 Å². The van der Waals surface area contributed by atoms with Crippen LogP contribution in [0.3, 0.4) is 0 Å². The van der Waals surface area contributed by atoms with Gasteiger partial charge in [0.1, 0.15) is 5.75 Å². The molecule has 0 aromatic heterocycles. The Balaban J connectivity index is 2.16. The molecule has 0 unspecified atom stereocenters. The van der Waals surface area contributed by atoms with Gasteiger partial charge in [-0.1, -0.05) is 93.9 Å². The molecule has 2 rings (SSSR count). The second kappa shape index (κ2) is 9.05. The van der Waals surface area contributed by atoms with Gasteiger partial charge < -0.3 is 4.43 Å². The predicted molar refractivity (Wildman–Crippen MR) is 121 cm³/mol. The van der Waals surface area contributed by atoms with E-state index in [0.29, 0.717) is 16.6 Å². The van der Waals surface area contributed by atoms with Crippen molar-refractivity contribution in [2.75, 3.05) is 0 Å². The van der Waals surface area contributed by atoms with E-state index < -0.39 is 8.32 Å². The molecule has 0 radical (unpaired) electrons. The molecule has 0 spiro atoms. The summed E-state index contributed by atoms with van der Waals surface area (Å²) in [6.45, 7) is 13.9. The lowest BCUT2D eigenvalue weighted by molar-refractivity contribution is 0.480. The van der Waals surface area contributed by atoms with Gasteiger partial charge in [0.15, 0.2) is 0 Å². The molecule has 2 aromatic carbocycles. The van der Waals surface area contributed by atoms with Gasteiger partial charge >= 0.3 is 0 Å². The SMILES string of the molecule is CC(C)[Si](Oc1ccc(C=Cc2ccc(Br)cc2)cc1)(C(C)C)C(C)C. The zero-order valence-electron chi connectivity index (χ0n) is 16.8. The molecule has 1 nitrogen and oxygen atoms in total. The smallest absolute Gasteiger partial charge is 0.258 e.